The molecule has 0 unspecified atom stereocenters. The summed E-state index contributed by atoms with van der Waals surface area (Å²) in [7, 11) is 1.88. The van der Waals surface area contributed by atoms with E-state index >= 15 is 0 Å². The van der Waals surface area contributed by atoms with Crippen LogP contribution in [0.3, 0.4) is 0 Å². The third-order valence-corrected chi connectivity index (χ3v) is 5.23. The van der Waals surface area contributed by atoms with Gasteiger partial charge < -0.3 is 15.4 Å². The number of hydrogen-bond acceptors (Lipinski definition) is 3. The molecule has 1 aliphatic carbocycles. The molecule has 2 amide bonds. The van der Waals surface area contributed by atoms with Gasteiger partial charge in [0.25, 0.3) is 0 Å². The second kappa shape index (κ2) is 6.88. The third-order valence-electron chi connectivity index (χ3n) is 5.23. The molecule has 132 valence electrons. The average molecular weight is 340 g/mol. The van der Waals surface area contributed by atoms with Gasteiger partial charge in [-0.1, -0.05) is 24.3 Å². The highest BCUT2D eigenvalue weighted by atomic mass is 16.5. The van der Waals surface area contributed by atoms with E-state index in [1.165, 1.54) is 11.1 Å². The predicted octanol–water partition coefficient (Wildman–Crippen LogP) is 2.28. The van der Waals surface area contributed by atoms with Gasteiger partial charge in [0.05, 0.1) is 12.2 Å². The zero-order valence-electron chi connectivity index (χ0n) is 14.4. The first kappa shape index (κ1) is 16.1. The first-order chi connectivity index (χ1) is 12.2. The molecule has 1 aromatic carbocycles. The number of fused-ring (bicyclic) bond motifs is 1. The number of carbonyl (C=O) groups is 1. The smallest absolute Gasteiger partial charge is 0.315 e. The van der Waals surface area contributed by atoms with Gasteiger partial charge in [-0.2, -0.15) is 5.10 Å². The highest BCUT2D eigenvalue weighted by Gasteiger charge is 2.32. The summed E-state index contributed by atoms with van der Waals surface area (Å²) in [4.78, 5) is 12.4. The van der Waals surface area contributed by atoms with Crippen molar-refractivity contribution in [3.63, 3.8) is 0 Å². The van der Waals surface area contributed by atoms with Crippen LogP contribution in [0.2, 0.25) is 0 Å². The van der Waals surface area contributed by atoms with Gasteiger partial charge >= 0.3 is 6.03 Å². The SMILES string of the molecule is Cn1cc([C@H]2OCC[C@@H]2NC(=O)NC[C@H]2CCc3ccccc32)cn1. The van der Waals surface area contributed by atoms with Gasteiger partial charge in [0.1, 0.15) is 6.10 Å². The monoisotopic (exact) mass is 340 g/mol. The first-order valence-corrected chi connectivity index (χ1v) is 8.93. The van der Waals surface area contributed by atoms with Crippen LogP contribution in [-0.4, -0.2) is 35.0 Å². The summed E-state index contributed by atoms with van der Waals surface area (Å²) in [5.74, 6) is 0.413. The molecule has 6 nitrogen and oxygen atoms in total. The van der Waals surface area contributed by atoms with Crippen LogP contribution in [0.15, 0.2) is 36.7 Å². The zero-order chi connectivity index (χ0) is 17.2. The van der Waals surface area contributed by atoms with Crippen LogP contribution >= 0.6 is 0 Å². The van der Waals surface area contributed by atoms with Gasteiger partial charge in [0.15, 0.2) is 0 Å². The van der Waals surface area contributed by atoms with Crippen molar-refractivity contribution >= 4 is 6.03 Å². The van der Waals surface area contributed by atoms with E-state index in [4.69, 9.17) is 4.74 Å². The Bertz CT molecular complexity index is 757. The fraction of sp³-hybridized carbons (Fsp3) is 0.474. The van der Waals surface area contributed by atoms with E-state index in [-0.39, 0.29) is 18.2 Å². The molecule has 0 spiro atoms. The van der Waals surface area contributed by atoms with E-state index < -0.39 is 0 Å². The summed E-state index contributed by atoms with van der Waals surface area (Å²) in [6.45, 7) is 1.33. The van der Waals surface area contributed by atoms with Crippen LogP contribution in [0.4, 0.5) is 4.79 Å². The maximum atomic E-state index is 12.4. The Labute approximate surface area is 147 Å². The number of benzene rings is 1. The molecule has 1 aromatic heterocycles. The summed E-state index contributed by atoms with van der Waals surface area (Å²) in [6, 6.07) is 8.39. The van der Waals surface area contributed by atoms with E-state index in [2.05, 4.69) is 40.0 Å². The molecule has 2 aliphatic rings. The Hall–Kier alpha value is -2.34. The van der Waals surface area contributed by atoms with Crippen molar-refractivity contribution in [2.45, 2.75) is 37.3 Å². The minimum Gasteiger partial charge on any atom is -0.371 e. The number of aromatic nitrogens is 2. The highest BCUT2D eigenvalue weighted by molar-refractivity contribution is 5.74. The van der Waals surface area contributed by atoms with Crippen molar-refractivity contribution in [3.05, 3.63) is 53.3 Å². The number of amides is 2. The van der Waals surface area contributed by atoms with Gasteiger partial charge in [-0.15, -0.1) is 0 Å². The second-order valence-corrected chi connectivity index (χ2v) is 6.92. The third kappa shape index (κ3) is 3.39. The summed E-state index contributed by atoms with van der Waals surface area (Å²) >= 11 is 0. The standard InChI is InChI=1S/C19H24N4O2/c1-23-12-15(11-21-23)18-17(8-9-25-18)22-19(24)20-10-14-7-6-13-4-2-3-5-16(13)14/h2-5,11-12,14,17-18H,6-10H2,1H3,(H2,20,22,24)/t14-,17+,18-/m1/s1. The van der Waals surface area contributed by atoms with Gasteiger partial charge in [-0.05, 0) is 30.4 Å². The summed E-state index contributed by atoms with van der Waals surface area (Å²) in [5.41, 5.74) is 3.80. The number of nitrogens with zero attached hydrogens (tertiary/aromatic N) is 2. The van der Waals surface area contributed by atoms with Gasteiger partial charge in [0.2, 0.25) is 0 Å². The maximum Gasteiger partial charge on any atom is 0.315 e. The number of aryl methyl sites for hydroxylation is 2. The largest absolute Gasteiger partial charge is 0.371 e. The molecule has 0 radical (unpaired) electrons. The molecule has 1 aliphatic heterocycles. The number of nitrogens with one attached hydrogen (secondary N) is 2. The Morgan fingerprint density at radius 2 is 2.24 bits per heavy atom. The van der Waals surface area contributed by atoms with E-state index in [0.29, 0.717) is 19.1 Å². The molecule has 25 heavy (non-hydrogen) atoms. The van der Waals surface area contributed by atoms with Crippen LogP contribution in [0.5, 0.6) is 0 Å². The molecule has 1 saturated heterocycles. The average Bonchev–Trinajstić information content (AvgIpc) is 3.32. The van der Waals surface area contributed by atoms with Crippen LogP contribution in [0.1, 0.15) is 41.6 Å². The topological polar surface area (TPSA) is 68.2 Å². The summed E-state index contributed by atoms with van der Waals surface area (Å²) in [6.07, 6.45) is 6.65. The van der Waals surface area contributed by atoms with E-state index in [9.17, 15) is 4.79 Å². The van der Waals surface area contributed by atoms with E-state index in [1.54, 1.807) is 10.9 Å². The molecule has 0 saturated carbocycles. The van der Waals surface area contributed by atoms with Crippen LogP contribution in [0, 0.1) is 0 Å². The van der Waals surface area contributed by atoms with Gasteiger partial charge in [-0.3, -0.25) is 4.68 Å². The van der Waals surface area contributed by atoms with Crippen molar-refractivity contribution < 1.29 is 9.53 Å². The van der Waals surface area contributed by atoms with Crippen molar-refractivity contribution in [3.8, 4) is 0 Å². The fourth-order valence-corrected chi connectivity index (χ4v) is 3.95. The molecule has 6 heteroatoms. The Morgan fingerprint density at radius 1 is 1.36 bits per heavy atom. The second-order valence-electron chi connectivity index (χ2n) is 6.92. The molecule has 2 heterocycles. The molecule has 2 aromatic rings. The van der Waals surface area contributed by atoms with Crippen LogP contribution < -0.4 is 10.6 Å². The molecule has 0 bridgehead atoms. The molecule has 1 fully saturated rings. The van der Waals surface area contributed by atoms with Crippen molar-refractivity contribution in [1.29, 1.82) is 0 Å². The predicted molar refractivity (Wildman–Crippen MR) is 94.3 cm³/mol. The normalized spacial score (nSPS) is 24.9. The van der Waals surface area contributed by atoms with Gasteiger partial charge in [0, 0.05) is 37.9 Å². The molecular formula is C19H24N4O2. The highest BCUT2D eigenvalue weighted by Crippen LogP contribution is 2.32. The molecular weight excluding hydrogens is 316 g/mol. The Balaban J connectivity index is 1.32. The lowest BCUT2D eigenvalue weighted by atomic mass is 10.0. The summed E-state index contributed by atoms with van der Waals surface area (Å²) < 4.78 is 7.55. The summed E-state index contributed by atoms with van der Waals surface area (Å²) in [5, 5.41) is 10.3. The van der Waals surface area contributed by atoms with Crippen molar-refractivity contribution in [1.82, 2.24) is 20.4 Å². The Morgan fingerprint density at radius 3 is 3.08 bits per heavy atom. The molecule has 3 atom stereocenters. The minimum absolute atomic E-state index is 0.0138. The number of rotatable bonds is 4. The zero-order valence-corrected chi connectivity index (χ0v) is 14.4. The number of hydrogen-bond donors (Lipinski definition) is 2. The van der Waals surface area contributed by atoms with Crippen LogP contribution in [0.25, 0.3) is 0 Å². The van der Waals surface area contributed by atoms with Gasteiger partial charge in [-0.25, -0.2) is 4.79 Å². The maximum absolute atomic E-state index is 12.4. The first-order valence-electron chi connectivity index (χ1n) is 8.93. The van der Waals surface area contributed by atoms with Crippen molar-refractivity contribution in [2.24, 2.45) is 7.05 Å². The molecule has 2 N–H and O–H groups in total. The molecule has 4 rings (SSSR count). The fourth-order valence-electron chi connectivity index (χ4n) is 3.95. The van der Waals surface area contributed by atoms with E-state index in [1.807, 2.05) is 13.2 Å². The van der Waals surface area contributed by atoms with E-state index in [0.717, 1.165) is 24.8 Å². The van der Waals surface area contributed by atoms with Crippen LogP contribution in [-0.2, 0) is 18.2 Å². The number of ether oxygens (including phenoxy) is 1. The minimum atomic E-state index is -0.119. The lowest BCUT2D eigenvalue weighted by molar-refractivity contribution is 0.0998. The quantitative estimate of drug-likeness (QED) is 0.897. The lowest BCUT2D eigenvalue weighted by Crippen LogP contribution is -2.44. The number of carbonyl (C=O) groups excluding carboxylic acids is 1. The Kier molecular flexibility index (Phi) is 4.44. The van der Waals surface area contributed by atoms with Crippen molar-refractivity contribution in [2.75, 3.05) is 13.2 Å². The lowest BCUT2D eigenvalue weighted by Gasteiger charge is -2.20. The number of urea groups is 1.